The van der Waals surface area contributed by atoms with E-state index in [1.165, 1.54) is 0 Å². The highest BCUT2D eigenvalue weighted by Crippen LogP contribution is 2.26. The second-order valence-electron chi connectivity index (χ2n) is 4.68. The molecule has 0 aliphatic carbocycles. The van der Waals surface area contributed by atoms with Crippen LogP contribution in [-0.2, 0) is 4.74 Å². The zero-order valence-corrected chi connectivity index (χ0v) is 10.3. The molecule has 0 radical (unpaired) electrons. The molecule has 17 heavy (non-hydrogen) atoms. The van der Waals surface area contributed by atoms with Crippen molar-refractivity contribution < 1.29 is 18.6 Å². The summed E-state index contributed by atoms with van der Waals surface area (Å²) in [6, 6.07) is 3.08. The molecule has 0 saturated carbocycles. The van der Waals surface area contributed by atoms with Gasteiger partial charge >= 0.3 is 0 Å². The Kier molecular flexibility index (Phi) is 4.60. The number of rotatable bonds is 5. The van der Waals surface area contributed by atoms with Crippen LogP contribution in [0.5, 0.6) is 0 Å². The topological polar surface area (TPSA) is 29.5 Å². The van der Waals surface area contributed by atoms with Gasteiger partial charge in [0.1, 0.15) is 11.6 Å². The molecule has 0 fully saturated rings. The third-order valence-corrected chi connectivity index (χ3v) is 2.89. The Balaban J connectivity index is 2.70. The monoisotopic (exact) mass is 244 g/mol. The first-order valence-corrected chi connectivity index (χ1v) is 5.54. The summed E-state index contributed by atoms with van der Waals surface area (Å²) in [6.07, 6.45) is -0.137. The van der Waals surface area contributed by atoms with E-state index >= 15 is 0 Å². The highest BCUT2D eigenvalue weighted by Gasteiger charge is 2.20. The van der Waals surface area contributed by atoms with Crippen LogP contribution in [0.25, 0.3) is 0 Å². The number of aliphatic hydroxyl groups is 1. The lowest BCUT2D eigenvalue weighted by molar-refractivity contribution is 0.00245. The molecule has 0 aromatic heterocycles. The summed E-state index contributed by atoms with van der Waals surface area (Å²) in [6.45, 7) is 3.75. The zero-order chi connectivity index (χ0) is 13.1. The number of halogens is 2. The summed E-state index contributed by atoms with van der Waals surface area (Å²) in [5, 5.41) is 9.82. The fraction of sp³-hybridized carbons (Fsp3) is 0.538. The van der Waals surface area contributed by atoms with Crippen LogP contribution in [0.2, 0.25) is 0 Å². The smallest absolute Gasteiger partial charge is 0.129 e. The first-order valence-electron chi connectivity index (χ1n) is 5.54. The average Bonchev–Trinajstić information content (AvgIpc) is 2.29. The van der Waals surface area contributed by atoms with Crippen molar-refractivity contribution in [2.75, 3.05) is 7.11 Å². The number of ether oxygens (including phenoxy) is 1. The van der Waals surface area contributed by atoms with Crippen molar-refractivity contribution in [2.45, 2.75) is 38.4 Å². The van der Waals surface area contributed by atoms with E-state index < -0.39 is 17.7 Å². The molecular formula is C13H18F2O2. The second-order valence-corrected chi connectivity index (χ2v) is 4.68. The minimum Gasteiger partial charge on any atom is -0.388 e. The summed E-state index contributed by atoms with van der Waals surface area (Å²) in [5.74, 6) is -1.14. The first-order chi connectivity index (χ1) is 7.85. The summed E-state index contributed by atoms with van der Waals surface area (Å²) >= 11 is 0. The van der Waals surface area contributed by atoms with Gasteiger partial charge in [0.25, 0.3) is 0 Å². The average molecular weight is 244 g/mol. The minimum absolute atomic E-state index is 0.00287. The van der Waals surface area contributed by atoms with Gasteiger partial charge in [-0.05, 0) is 44.9 Å². The molecule has 1 atom stereocenters. The Morgan fingerprint density at radius 1 is 1.35 bits per heavy atom. The van der Waals surface area contributed by atoms with Crippen LogP contribution in [-0.4, -0.2) is 17.8 Å². The molecule has 0 saturated heterocycles. The molecule has 0 amide bonds. The fourth-order valence-corrected chi connectivity index (χ4v) is 1.51. The van der Waals surface area contributed by atoms with Crippen molar-refractivity contribution in [3.63, 3.8) is 0 Å². The molecule has 0 bridgehead atoms. The maximum atomic E-state index is 13.4. The summed E-state index contributed by atoms with van der Waals surface area (Å²) < 4.78 is 31.5. The normalized spacial score (nSPS) is 13.8. The molecule has 4 heteroatoms. The highest BCUT2D eigenvalue weighted by molar-refractivity contribution is 5.21. The van der Waals surface area contributed by atoms with Gasteiger partial charge < -0.3 is 9.84 Å². The van der Waals surface area contributed by atoms with E-state index in [1.54, 1.807) is 7.11 Å². The molecular weight excluding hydrogens is 226 g/mol. The van der Waals surface area contributed by atoms with Crippen molar-refractivity contribution >= 4 is 0 Å². The quantitative estimate of drug-likeness (QED) is 0.861. The van der Waals surface area contributed by atoms with Crippen molar-refractivity contribution in [2.24, 2.45) is 0 Å². The van der Waals surface area contributed by atoms with Crippen LogP contribution < -0.4 is 0 Å². The first kappa shape index (κ1) is 14.1. The van der Waals surface area contributed by atoms with Crippen LogP contribution in [0, 0.1) is 11.6 Å². The number of hydrogen-bond donors (Lipinski definition) is 1. The SMILES string of the molecule is COC(C)(C)CCC(O)c1cc(F)ccc1F. The van der Waals surface area contributed by atoms with E-state index in [2.05, 4.69) is 0 Å². The summed E-state index contributed by atoms with van der Waals surface area (Å²) in [4.78, 5) is 0. The van der Waals surface area contributed by atoms with Crippen LogP contribution in [0.3, 0.4) is 0 Å². The van der Waals surface area contributed by atoms with Gasteiger partial charge in [-0.15, -0.1) is 0 Å². The van der Waals surface area contributed by atoms with E-state index in [1.807, 2.05) is 13.8 Å². The van der Waals surface area contributed by atoms with Crippen molar-refractivity contribution in [3.8, 4) is 0 Å². The van der Waals surface area contributed by atoms with Gasteiger partial charge in [-0.3, -0.25) is 0 Å². The molecule has 96 valence electrons. The largest absolute Gasteiger partial charge is 0.388 e. The molecule has 0 heterocycles. The standard InChI is InChI=1S/C13H18F2O2/c1-13(2,17-3)7-6-12(16)10-8-9(14)4-5-11(10)15/h4-5,8,12,16H,6-7H2,1-3H3. The Hall–Kier alpha value is -1.00. The van der Waals surface area contributed by atoms with Crippen molar-refractivity contribution in [3.05, 3.63) is 35.4 Å². The Labute approximate surface area is 100 Å². The van der Waals surface area contributed by atoms with E-state index in [-0.39, 0.29) is 11.2 Å². The van der Waals surface area contributed by atoms with Gasteiger partial charge in [0.05, 0.1) is 11.7 Å². The van der Waals surface area contributed by atoms with E-state index in [0.717, 1.165) is 18.2 Å². The zero-order valence-electron chi connectivity index (χ0n) is 10.3. The van der Waals surface area contributed by atoms with Crippen LogP contribution in [0.4, 0.5) is 8.78 Å². The number of hydrogen-bond acceptors (Lipinski definition) is 2. The molecule has 2 nitrogen and oxygen atoms in total. The molecule has 0 aliphatic heterocycles. The van der Waals surface area contributed by atoms with Crippen LogP contribution >= 0.6 is 0 Å². The Bertz CT molecular complexity index is 378. The second kappa shape index (κ2) is 5.56. The lowest BCUT2D eigenvalue weighted by Gasteiger charge is -2.24. The third kappa shape index (κ3) is 4.06. The van der Waals surface area contributed by atoms with E-state index in [0.29, 0.717) is 12.8 Å². The van der Waals surface area contributed by atoms with E-state index in [4.69, 9.17) is 4.74 Å². The predicted octanol–water partition coefficient (Wildman–Crippen LogP) is 3.20. The summed E-state index contributed by atoms with van der Waals surface area (Å²) in [7, 11) is 1.58. The minimum atomic E-state index is -1.01. The van der Waals surface area contributed by atoms with Crippen LogP contribution in [0.1, 0.15) is 38.4 Å². The van der Waals surface area contributed by atoms with Gasteiger partial charge in [0.2, 0.25) is 0 Å². The van der Waals surface area contributed by atoms with Gasteiger partial charge in [-0.2, -0.15) is 0 Å². The highest BCUT2D eigenvalue weighted by atomic mass is 19.1. The van der Waals surface area contributed by atoms with Gasteiger partial charge in [-0.1, -0.05) is 0 Å². The predicted molar refractivity (Wildman–Crippen MR) is 61.6 cm³/mol. The van der Waals surface area contributed by atoms with Gasteiger partial charge in [0, 0.05) is 12.7 Å². The maximum absolute atomic E-state index is 13.4. The molecule has 1 aromatic carbocycles. The molecule has 1 unspecified atom stereocenters. The molecule has 1 aromatic rings. The van der Waals surface area contributed by atoms with Crippen molar-refractivity contribution in [1.82, 2.24) is 0 Å². The molecule has 1 rings (SSSR count). The summed E-state index contributed by atoms with van der Waals surface area (Å²) in [5.41, 5.74) is -0.387. The van der Waals surface area contributed by atoms with Gasteiger partial charge in [-0.25, -0.2) is 8.78 Å². The number of benzene rings is 1. The van der Waals surface area contributed by atoms with Gasteiger partial charge in [0.15, 0.2) is 0 Å². The Morgan fingerprint density at radius 3 is 2.59 bits per heavy atom. The lowest BCUT2D eigenvalue weighted by Crippen LogP contribution is -2.23. The number of aliphatic hydroxyl groups excluding tert-OH is 1. The molecule has 0 spiro atoms. The van der Waals surface area contributed by atoms with Crippen LogP contribution in [0.15, 0.2) is 18.2 Å². The Morgan fingerprint density at radius 2 is 2.00 bits per heavy atom. The fourth-order valence-electron chi connectivity index (χ4n) is 1.51. The van der Waals surface area contributed by atoms with E-state index in [9.17, 15) is 13.9 Å². The third-order valence-electron chi connectivity index (χ3n) is 2.89. The van der Waals surface area contributed by atoms with Crippen molar-refractivity contribution in [1.29, 1.82) is 0 Å². The molecule has 0 aliphatic rings. The number of methoxy groups -OCH3 is 1. The maximum Gasteiger partial charge on any atom is 0.129 e. The lowest BCUT2D eigenvalue weighted by atomic mass is 9.96. The molecule has 1 N–H and O–H groups in total.